The number of rotatable bonds is 6. The highest BCUT2D eigenvalue weighted by Crippen LogP contribution is 2.22. The van der Waals surface area contributed by atoms with Crippen molar-refractivity contribution in [3.8, 4) is 0 Å². The van der Waals surface area contributed by atoms with Crippen LogP contribution in [0.2, 0.25) is 0 Å². The van der Waals surface area contributed by atoms with E-state index in [1.165, 1.54) is 6.42 Å². The summed E-state index contributed by atoms with van der Waals surface area (Å²) in [5.41, 5.74) is 1.76. The predicted octanol–water partition coefficient (Wildman–Crippen LogP) is 2.60. The third-order valence-corrected chi connectivity index (χ3v) is 4.82. The molecule has 2 aliphatic heterocycles. The minimum Gasteiger partial charge on any atom is -0.378 e. The summed E-state index contributed by atoms with van der Waals surface area (Å²) in [5, 5.41) is 3.15. The Labute approximate surface area is 144 Å². The number of carbonyl (C=O) groups excluding carboxylic acids is 1. The lowest BCUT2D eigenvalue weighted by atomic mass is 10.1. The Morgan fingerprint density at radius 3 is 2.83 bits per heavy atom. The van der Waals surface area contributed by atoms with Gasteiger partial charge in [0.05, 0.1) is 24.9 Å². The van der Waals surface area contributed by atoms with E-state index in [1.54, 1.807) is 0 Å². The summed E-state index contributed by atoms with van der Waals surface area (Å²) in [6.45, 7) is 6.06. The molecule has 1 aromatic carbocycles. The highest BCUT2D eigenvalue weighted by molar-refractivity contribution is 6.00. The molecule has 1 N–H and O–H groups in total. The van der Waals surface area contributed by atoms with Gasteiger partial charge in [0.15, 0.2) is 0 Å². The molecule has 2 saturated heterocycles. The van der Waals surface area contributed by atoms with Crippen LogP contribution in [0.5, 0.6) is 0 Å². The van der Waals surface area contributed by atoms with Gasteiger partial charge in [0.1, 0.15) is 0 Å². The molecule has 3 rings (SSSR count). The van der Waals surface area contributed by atoms with Gasteiger partial charge in [-0.3, -0.25) is 4.79 Å². The zero-order valence-corrected chi connectivity index (χ0v) is 14.5. The maximum Gasteiger partial charge on any atom is 0.253 e. The zero-order valence-electron chi connectivity index (χ0n) is 14.5. The quantitative estimate of drug-likeness (QED) is 0.870. The molecular weight excluding hydrogens is 304 g/mol. The first-order valence-corrected chi connectivity index (χ1v) is 9.08. The fourth-order valence-corrected chi connectivity index (χ4v) is 3.43. The van der Waals surface area contributed by atoms with Crippen molar-refractivity contribution >= 4 is 11.6 Å². The summed E-state index contributed by atoms with van der Waals surface area (Å²) in [5.74, 6) is 0.0110. The van der Waals surface area contributed by atoms with Crippen LogP contribution in [0, 0.1) is 0 Å². The average molecular weight is 332 g/mol. The molecule has 0 aliphatic carbocycles. The van der Waals surface area contributed by atoms with Gasteiger partial charge in [-0.15, -0.1) is 0 Å². The van der Waals surface area contributed by atoms with Gasteiger partial charge in [-0.05, 0) is 44.7 Å². The highest BCUT2D eigenvalue weighted by atomic mass is 16.5. The molecule has 1 aromatic rings. The van der Waals surface area contributed by atoms with Gasteiger partial charge in [-0.2, -0.15) is 0 Å². The third-order valence-electron chi connectivity index (χ3n) is 4.82. The van der Waals surface area contributed by atoms with E-state index in [-0.39, 0.29) is 11.9 Å². The van der Waals surface area contributed by atoms with Gasteiger partial charge in [0.2, 0.25) is 0 Å². The van der Waals surface area contributed by atoms with Gasteiger partial charge in [0.25, 0.3) is 5.91 Å². The number of hydrogen-bond acceptors (Lipinski definition) is 4. The summed E-state index contributed by atoms with van der Waals surface area (Å²) in [4.78, 5) is 14.9. The summed E-state index contributed by atoms with van der Waals surface area (Å²) in [6, 6.07) is 8.00. The lowest BCUT2D eigenvalue weighted by molar-refractivity contribution is 0.0898. The molecule has 132 valence electrons. The van der Waals surface area contributed by atoms with E-state index in [2.05, 4.69) is 17.1 Å². The number of benzene rings is 1. The second kappa shape index (κ2) is 8.49. The van der Waals surface area contributed by atoms with Crippen LogP contribution in [0.1, 0.15) is 43.0 Å². The van der Waals surface area contributed by atoms with Gasteiger partial charge in [-0.25, -0.2) is 0 Å². The molecule has 24 heavy (non-hydrogen) atoms. The fraction of sp³-hybridized carbons (Fsp3) is 0.632. The minimum atomic E-state index is 0.0110. The van der Waals surface area contributed by atoms with Crippen LogP contribution >= 0.6 is 0 Å². The molecular formula is C19H28N2O3. The number of nitrogens with zero attached hydrogens (tertiary/aromatic N) is 1. The molecule has 0 unspecified atom stereocenters. The zero-order chi connectivity index (χ0) is 16.8. The van der Waals surface area contributed by atoms with E-state index in [9.17, 15) is 4.79 Å². The molecule has 1 amide bonds. The van der Waals surface area contributed by atoms with E-state index >= 15 is 0 Å². The third kappa shape index (κ3) is 4.48. The van der Waals surface area contributed by atoms with Crippen molar-refractivity contribution in [1.82, 2.24) is 5.32 Å². The maximum absolute atomic E-state index is 12.7. The molecule has 2 heterocycles. The molecule has 5 nitrogen and oxygen atoms in total. The summed E-state index contributed by atoms with van der Waals surface area (Å²) >= 11 is 0. The van der Waals surface area contributed by atoms with Crippen LogP contribution in [0.3, 0.4) is 0 Å². The van der Waals surface area contributed by atoms with Crippen LogP contribution in [0.15, 0.2) is 24.3 Å². The number of ether oxygens (including phenoxy) is 2. The van der Waals surface area contributed by atoms with Gasteiger partial charge in [-0.1, -0.05) is 12.1 Å². The number of para-hydroxylation sites is 1. The number of hydrogen-bond donors (Lipinski definition) is 1. The van der Waals surface area contributed by atoms with E-state index < -0.39 is 0 Å². The first-order valence-electron chi connectivity index (χ1n) is 9.08. The van der Waals surface area contributed by atoms with Crippen molar-refractivity contribution in [3.05, 3.63) is 29.8 Å². The van der Waals surface area contributed by atoms with Crippen LogP contribution in [0.25, 0.3) is 0 Å². The second-order valence-electron chi connectivity index (χ2n) is 6.70. The Morgan fingerprint density at radius 1 is 1.29 bits per heavy atom. The Balaban J connectivity index is 1.57. The number of carbonyl (C=O) groups is 1. The Kier molecular flexibility index (Phi) is 6.10. The summed E-state index contributed by atoms with van der Waals surface area (Å²) < 4.78 is 11.1. The summed E-state index contributed by atoms with van der Waals surface area (Å²) in [7, 11) is 0. The Hall–Kier alpha value is -1.59. The molecule has 2 aliphatic rings. The molecule has 0 bridgehead atoms. The normalized spacial score (nSPS) is 22.4. The monoisotopic (exact) mass is 332 g/mol. The number of anilines is 1. The molecule has 0 spiro atoms. The molecule has 2 atom stereocenters. The molecule has 2 fully saturated rings. The number of amides is 1. The van der Waals surface area contributed by atoms with E-state index in [4.69, 9.17) is 9.47 Å². The minimum absolute atomic E-state index is 0.0110. The first kappa shape index (κ1) is 17.2. The van der Waals surface area contributed by atoms with Crippen LogP contribution in [0.4, 0.5) is 5.69 Å². The molecule has 5 heteroatoms. The number of nitrogens with one attached hydrogen (secondary N) is 1. The Morgan fingerprint density at radius 2 is 2.08 bits per heavy atom. The lowest BCUT2D eigenvalue weighted by Crippen LogP contribution is -2.39. The van der Waals surface area contributed by atoms with Crippen LogP contribution < -0.4 is 10.2 Å². The van der Waals surface area contributed by atoms with Crippen molar-refractivity contribution in [2.24, 2.45) is 0 Å². The number of morpholine rings is 1. The molecule has 0 aromatic heterocycles. The second-order valence-corrected chi connectivity index (χ2v) is 6.70. The van der Waals surface area contributed by atoms with Gasteiger partial charge in [0, 0.05) is 31.4 Å². The summed E-state index contributed by atoms with van der Waals surface area (Å²) in [6.07, 6.45) is 4.67. The molecule has 0 saturated carbocycles. The van der Waals surface area contributed by atoms with Crippen molar-refractivity contribution < 1.29 is 14.3 Å². The Bertz CT molecular complexity index is 537. The smallest absolute Gasteiger partial charge is 0.253 e. The largest absolute Gasteiger partial charge is 0.378 e. The standard InChI is InChI=1S/C19H28N2O3/c1-15(8-9-16-5-4-12-24-16)20-19(22)17-6-2-3-7-18(17)21-10-13-23-14-11-21/h2-3,6-7,15-16H,4-5,8-14H2,1H3,(H,20,22)/t15-,16-/m0/s1. The fourth-order valence-electron chi connectivity index (χ4n) is 3.43. The first-order chi connectivity index (χ1) is 11.7. The van der Waals surface area contributed by atoms with Crippen molar-refractivity contribution in [2.45, 2.75) is 44.8 Å². The van der Waals surface area contributed by atoms with E-state index in [1.807, 2.05) is 24.3 Å². The van der Waals surface area contributed by atoms with E-state index in [0.29, 0.717) is 19.3 Å². The van der Waals surface area contributed by atoms with E-state index in [0.717, 1.165) is 50.2 Å². The van der Waals surface area contributed by atoms with Crippen molar-refractivity contribution in [1.29, 1.82) is 0 Å². The van der Waals surface area contributed by atoms with Gasteiger partial charge >= 0.3 is 0 Å². The van der Waals surface area contributed by atoms with Crippen molar-refractivity contribution in [2.75, 3.05) is 37.8 Å². The van der Waals surface area contributed by atoms with Gasteiger partial charge < -0.3 is 19.7 Å². The van der Waals surface area contributed by atoms with Crippen molar-refractivity contribution in [3.63, 3.8) is 0 Å². The van der Waals surface area contributed by atoms with Crippen LogP contribution in [-0.2, 0) is 9.47 Å². The predicted molar refractivity (Wildman–Crippen MR) is 94.6 cm³/mol. The SMILES string of the molecule is C[C@@H](CC[C@@H]1CCCO1)NC(=O)c1ccccc1N1CCOCC1. The average Bonchev–Trinajstić information content (AvgIpc) is 3.14. The maximum atomic E-state index is 12.7. The molecule has 0 radical (unpaired) electrons. The lowest BCUT2D eigenvalue weighted by Gasteiger charge is -2.30. The van der Waals surface area contributed by atoms with Crippen LogP contribution in [-0.4, -0.2) is 51.0 Å². The topological polar surface area (TPSA) is 50.8 Å². The highest BCUT2D eigenvalue weighted by Gasteiger charge is 2.20.